The molecule has 0 unspecified atom stereocenters. The van der Waals surface area contributed by atoms with Gasteiger partial charge in [-0.05, 0) is 0 Å². The predicted octanol–water partition coefficient (Wildman–Crippen LogP) is 0.486. The topological polar surface area (TPSA) is 44.9 Å². The van der Waals surface area contributed by atoms with Gasteiger partial charge < -0.3 is 0 Å². The van der Waals surface area contributed by atoms with Crippen LogP contribution in [0.25, 0.3) is 9.78 Å². The number of nitrogens with one attached hydrogen (secondary N) is 2. The van der Waals surface area contributed by atoms with E-state index in [0.29, 0.717) is 5.39 Å². The number of hydrogen-bond acceptors (Lipinski definition) is 2. The Bertz CT molecular complexity index is 532. The summed E-state index contributed by atoms with van der Waals surface area (Å²) in [7, 11) is 1.87. The molecule has 0 atom stereocenters. The Morgan fingerprint density at radius 3 is 3.13 bits per heavy atom. The summed E-state index contributed by atoms with van der Waals surface area (Å²) < 4.78 is 13.7. The molecule has 0 aliphatic heterocycles. The number of fused-ring (bicyclic) bond motifs is 1. The van der Waals surface area contributed by atoms with E-state index in [1.54, 1.807) is 0 Å². The summed E-state index contributed by atoms with van der Waals surface area (Å²) in [5, 5.41) is 3.72. The van der Waals surface area contributed by atoms with E-state index in [-0.39, 0.29) is 19.9 Å². The molecular formula is C10H11FN2OSe. The summed E-state index contributed by atoms with van der Waals surface area (Å²) in [4.78, 5) is 16.3. The zero-order chi connectivity index (χ0) is 10.8. The predicted molar refractivity (Wildman–Crippen MR) is 59.1 cm³/mol. The van der Waals surface area contributed by atoms with E-state index >= 15 is 0 Å². The molecule has 2 N–H and O–H groups in total. The normalized spacial score (nSPS) is 11.1. The second-order valence-electron chi connectivity index (χ2n) is 3.30. The van der Waals surface area contributed by atoms with E-state index < -0.39 is 5.95 Å². The van der Waals surface area contributed by atoms with E-state index in [9.17, 15) is 9.18 Å². The standard InChI is InChI=1S/C10H11FN2OSe/c1-12-3-2-6-5-15-10-9(6)7(14)4-8(11)13-10/h4-5,12H,2-3H2,1H3,(H,13,14). The van der Waals surface area contributed by atoms with Crippen molar-refractivity contribution in [3.63, 3.8) is 0 Å². The molecule has 2 rings (SSSR count). The molecular weight excluding hydrogens is 262 g/mol. The van der Waals surface area contributed by atoms with E-state index in [0.717, 1.165) is 29.0 Å². The molecule has 0 amide bonds. The SMILES string of the molecule is CNCCc1c[se]c2[nH]c(F)cc(=O)c12. The summed E-state index contributed by atoms with van der Waals surface area (Å²) in [6, 6.07) is 1.02. The van der Waals surface area contributed by atoms with Crippen molar-refractivity contribution in [2.24, 2.45) is 0 Å². The fraction of sp³-hybridized carbons (Fsp3) is 0.300. The van der Waals surface area contributed by atoms with Gasteiger partial charge in [0.2, 0.25) is 0 Å². The van der Waals surface area contributed by atoms with Gasteiger partial charge in [-0.1, -0.05) is 0 Å². The third-order valence-corrected chi connectivity index (χ3v) is 4.23. The molecule has 0 aliphatic rings. The summed E-state index contributed by atoms with van der Waals surface area (Å²) in [5.41, 5.74) is 0.837. The van der Waals surface area contributed by atoms with Crippen LogP contribution in [0.3, 0.4) is 0 Å². The minimum absolute atomic E-state index is 0.0691. The number of aromatic nitrogens is 1. The molecule has 80 valence electrons. The molecule has 2 aromatic heterocycles. The van der Waals surface area contributed by atoms with Crippen molar-refractivity contribution in [3.05, 3.63) is 32.7 Å². The number of pyridine rings is 1. The van der Waals surface area contributed by atoms with Crippen molar-refractivity contribution >= 4 is 24.3 Å². The second-order valence-corrected chi connectivity index (χ2v) is 5.15. The number of aromatic amines is 1. The van der Waals surface area contributed by atoms with Gasteiger partial charge in [0.1, 0.15) is 0 Å². The first-order valence-corrected chi connectivity index (χ1v) is 6.50. The van der Waals surface area contributed by atoms with Crippen LogP contribution in [0, 0.1) is 5.95 Å². The van der Waals surface area contributed by atoms with Gasteiger partial charge in [-0.2, -0.15) is 0 Å². The average Bonchev–Trinajstić information content (AvgIpc) is 2.58. The van der Waals surface area contributed by atoms with Crippen LogP contribution in [0.1, 0.15) is 5.56 Å². The molecule has 5 heteroatoms. The third kappa shape index (κ3) is 2.04. The quantitative estimate of drug-likeness (QED) is 0.631. The first-order valence-electron chi connectivity index (χ1n) is 4.66. The van der Waals surface area contributed by atoms with Crippen LogP contribution in [0.15, 0.2) is 15.8 Å². The van der Waals surface area contributed by atoms with Crippen LogP contribution >= 0.6 is 0 Å². The van der Waals surface area contributed by atoms with E-state index in [1.165, 1.54) is 0 Å². The molecule has 2 aromatic rings. The molecule has 2 heterocycles. The number of rotatable bonds is 3. The van der Waals surface area contributed by atoms with Crippen molar-refractivity contribution < 1.29 is 4.39 Å². The molecule has 0 saturated heterocycles. The van der Waals surface area contributed by atoms with Gasteiger partial charge in [0.05, 0.1) is 0 Å². The Morgan fingerprint density at radius 2 is 2.40 bits per heavy atom. The molecule has 0 aliphatic carbocycles. The maximum atomic E-state index is 12.9. The molecule has 0 saturated carbocycles. The van der Waals surface area contributed by atoms with Crippen molar-refractivity contribution in [1.29, 1.82) is 0 Å². The fourth-order valence-electron chi connectivity index (χ4n) is 1.53. The van der Waals surface area contributed by atoms with Crippen LogP contribution in [0.2, 0.25) is 0 Å². The van der Waals surface area contributed by atoms with Gasteiger partial charge >= 0.3 is 91.7 Å². The van der Waals surface area contributed by atoms with Crippen molar-refractivity contribution in [2.75, 3.05) is 13.6 Å². The second kappa shape index (κ2) is 4.31. The Balaban J connectivity index is 2.54. The van der Waals surface area contributed by atoms with Crippen molar-refractivity contribution in [2.45, 2.75) is 6.42 Å². The molecule has 0 bridgehead atoms. The Labute approximate surface area is 92.1 Å². The molecule has 0 fully saturated rings. The first kappa shape index (κ1) is 10.6. The summed E-state index contributed by atoms with van der Waals surface area (Å²) in [6.07, 6.45) is 0.819. The maximum absolute atomic E-state index is 12.9. The Morgan fingerprint density at radius 1 is 1.60 bits per heavy atom. The minimum atomic E-state index is -0.538. The molecule has 0 radical (unpaired) electrons. The van der Waals surface area contributed by atoms with Crippen LogP contribution < -0.4 is 10.7 Å². The monoisotopic (exact) mass is 274 g/mol. The third-order valence-electron chi connectivity index (χ3n) is 2.25. The molecule has 0 spiro atoms. The van der Waals surface area contributed by atoms with E-state index in [4.69, 9.17) is 0 Å². The van der Waals surface area contributed by atoms with E-state index in [2.05, 4.69) is 10.3 Å². The van der Waals surface area contributed by atoms with E-state index in [1.807, 2.05) is 12.0 Å². The summed E-state index contributed by atoms with van der Waals surface area (Å²) >= 11 is 0.0691. The zero-order valence-electron chi connectivity index (χ0n) is 8.26. The molecule has 0 aromatic carbocycles. The molecule has 3 nitrogen and oxygen atoms in total. The van der Waals surface area contributed by atoms with Crippen LogP contribution in [0.4, 0.5) is 4.39 Å². The average molecular weight is 273 g/mol. The van der Waals surface area contributed by atoms with Crippen molar-refractivity contribution in [3.8, 4) is 0 Å². The van der Waals surface area contributed by atoms with Gasteiger partial charge in [-0.3, -0.25) is 0 Å². The number of halogens is 1. The number of likely N-dealkylation sites (N-methyl/N-ethyl adjacent to an activating group) is 1. The zero-order valence-corrected chi connectivity index (χ0v) is 9.98. The number of hydrogen-bond donors (Lipinski definition) is 2. The van der Waals surface area contributed by atoms with Gasteiger partial charge in [-0.25, -0.2) is 0 Å². The number of H-pyrrole nitrogens is 1. The summed E-state index contributed by atoms with van der Waals surface area (Å²) in [5.74, 6) is -0.538. The Hall–Kier alpha value is -0.901. The summed E-state index contributed by atoms with van der Waals surface area (Å²) in [6.45, 7) is 0.832. The fourth-order valence-corrected chi connectivity index (χ4v) is 3.63. The van der Waals surface area contributed by atoms with Gasteiger partial charge in [0.15, 0.2) is 0 Å². The first-order chi connectivity index (χ1) is 7.22. The van der Waals surface area contributed by atoms with Gasteiger partial charge in [0.25, 0.3) is 0 Å². The van der Waals surface area contributed by atoms with Gasteiger partial charge in [-0.15, -0.1) is 0 Å². The van der Waals surface area contributed by atoms with Crippen LogP contribution in [-0.2, 0) is 6.42 Å². The van der Waals surface area contributed by atoms with Crippen LogP contribution in [-0.4, -0.2) is 33.1 Å². The van der Waals surface area contributed by atoms with Gasteiger partial charge in [0, 0.05) is 0 Å². The van der Waals surface area contributed by atoms with Crippen molar-refractivity contribution in [1.82, 2.24) is 10.3 Å². The molecule has 15 heavy (non-hydrogen) atoms. The van der Waals surface area contributed by atoms with Crippen LogP contribution in [0.5, 0.6) is 0 Å². The Kier molecular flexibility index (Phi) is 3.05.